The molecule has 4 aliphatic carbocycles. The van der Waals surface area contributed by atoms with Crippen molar-refractivity contribution in [2.45, 2.75) is 61.6 Å². The molecule has 7 rings (SSSR count). The number of fused-ring (bicyclic) bond motifs is 1. The minimum absolute atomic E-state index is 0.0234. The third kappa shape index (κ3) is 4.88. The van der Waals surface area contributed by atoms with Crippen LogP contribution < -0.4 is 14.8 Å². The van der Waals surface area contributed by atoms with E-state index in [0.29, 0.717) is 27.8 Å². The van der Waals surface area contributed by atoms with E-state index in [4.69, 9.17) is 9.15 Å². The van der Waals surface area contributed by atoms with Crippen molar-refractivity contribution in [3.05, 3.63) is 42.5 Å². The van der Waals surface area contributed by atoms with Crippen LogP contribution in [0.4, 0.5) is 5.69 Å². The fourth-order valence-electron chi connectivity index (χ4n) is 7.32. The number of benzene rings is 2. The highest BCUT2D eigenvalue weighted by Gasteiger charge is 2.53. The van der Waals surface area contributed by atoms with Gasteiger partial charge in [-0.2, -0.15) is 0 Å². The number of nitrogens with one attached hydrogen (secondary N) is 2. The van der Waals surface area contributed by atoms with Gasteiger partial charge in [-0.3, -0.25) is 9.52 Å². The number of ether oxygens (including phenoxy) is 1. The second-order valence-electron chi connectivity index (χ2n) is 11.3. The first-order chi connectivity index (χ1) is 18.2. The summed E-state index contributed by atoms with van der Waals surface area (Å²) in [5.41, 5.74) is 1.48. The molecule has 2 aromatic carbocycles. The maximum absolute atomic E-state index is 13.0. The summed E-state index contributed by atoms with van der Waals surface area (Å²) < 4.78 is 39.6. The lowest BCUT2D eigenvalue weighted by molar-refractivity contribution is -0.123. The fraction of sp³-hybridized carbons (Fsp3) is 0.500. The molecule has 1 aromatic heterocycles. The summed E-state index contributed by atoms with van der Waals surface area (Å²) in [6.45, 7) is 2.18. The van der Waals surface area contributed by atoms with Crippen molar-refractivity contribution in [3.8, 4) is 5.75 Å². The van der Waals surface area contributed by atoms with E-state index < -0.39 is 10.0 Å². The van der Waals surface area contributed by atoms with Gasteiger partial charge in [0.15, 0.2) is 5.58 Å². The van der Waals surface area contributed by atoms with Gasteiger partial charge in [-0.15, -0.1) is 0 Å². The zero-order chi connectivity index (χ0) is 26.5. The monoisotopic (exact) mass is 555 g/mol. The van der Waals surface area contributed by atoms with Crippen LogP contribution in [0.1, 0.15) is 45.4 Å². The Morgan fingerprint density at radius 1 is 1.13 bits per heavy atom. The molecule has 8 nitrogen and oxygen atoms in total. The molecule has 202 valence electrons. The van der Waals surface area contributed by atoms with E-state index in [1.165, 1.54) is 69.5 Å². The lowest BCUT2D eigenvalue weighted by Crippen LogP contribution is -2.56. The molecule has 1 atom stereocenters. The van der Waals surface area contributed by atoms with Gasteiger partial charge in [0.1, 0.15) is 11.3 Å². The topological polar surface area (TPSA) is 111 Å². The Hall–Kier alpha value is -2.72. The number of sulfonamides is 1. The summed E-state index contributed by atoms with van der Waals surface area (Å²) in [6, 6.07) is 11.5. The average molecular weight is 556 g/mol. The Bertz CT molecular complexity index is 1430. The second kappa shape index (κ2) is 9.79. The molecule has 0 saturated heterocycles. The summed E-state index contributed by atoms with van der Waals surface area (Å²) in [6.07, 6.45) is 7.88. The molecule has 0 aliphatic heterocycles. The van der Waals surface area contributed by atoms with Crippen LogP contribution >= 0.6 is 11.8 Å². The number of hydrogen-bond acceptors (Lipinski definition) is 7. The fourth-order valence-corrected chi connectivity index (χ4v) is 9.06. The van der Waals surface area contributed by atoms with Gasteiger partial charge in [0.05, 0.1) is 23.4 Å². The minimum atomic E-state index is -3.87. The van der Waals surface area contributed by atoms with Crippen LogP contribution in [-0.2, 0) is 14.8 Å². The number of amides is 1. The summed E-state index contributed by atoms with van der Waals surface area (Å²) in [5, 5.41) is 3.61. The maximum Gasteiger partial charge on any atom is 0.262 e. The summed E-state index contributed by atoms with van der Waals surface area (Å²) in [4.78, 5) is 17.3. The molecular weight excluding hydrogens is 522 g/mol. The first-order valence-corrected chi connectivity index (χ1v) is 15.7. The zero-order valence-electron chi connectivity index (χ0n) is 21.6. The van der Waals surface area contributed by atoms with Gasteiger partial charge >= 0.3 is 0 Å². The normalized spacial score (nSPS) is 26.8. The molecule has 38 heavy (non-hydrogen) atoms. The lowest BCUT2D eigenvalue weighted by atomic mass is 9.48. The minimum Gasteiger partial charge on any atom is -0.495 e. The number of nitrogens with zero attached hydrogens (tertiary/aromatic N) is 1. The van der Waals surface area contributed by atoms with E-state index >= 15 is 0 Å². The molecule has 4 aliphatic rings. The highest BCUT2D eigenvalue weighted by molar-refractivity contribution is 7.99. The third-order valence-electron chi connectivity index (χ3n) is 8.71. The number of oxazole rings is 1. The standard InChI is InChI=1S/C28H33N3O5S2/c1-17(28-13-18-9-19(14-28)11-20(10-18)15-28)29-26(32)16-37-27-30-23-12-21(7-8-25(23)36-27)38(33,34)31-22-5-3-4-6-24(22)35-2/h3-8,12,17-20,31H,9-11,13-16H2,1-2H3,(H,29,32)/t17-,18?,19?,20?,28?/m1/s1. The molecule has 1 heterocycles. The highest BCUT2D eigenvalue weighted by Crippen LogP contribution is 2.61. The number of aromatic nitrogens is 1. The van der Waals surface area contributed by atoms with Gasteiger partial charge in [-0.05, 0) is 98.9 Å². The Morgan fingerprint density at radius 3 is 2.50 bits per heavy atom. The van der Waals surface area contributed by atoms with E-state index in [9.17, 15) is 13.2 Å². The number of para-hydroxylation sites is 2. The molecular formula is C28H33N3O5S2. The van der Waals surface area contributed by atoms with Crippen LogP contribution in [-0.4, -0.2) is 38.2 Å². The van der Waals surface area contributed by atoms with Crippen molar-refractivity contribution < 1.29 is 22.4 Å². The first-order valence-electron chi connectivity index (χ1n) is 13.2. The first kappa shape index (κ1) is 25.6. The highest BCUT2D eigenvalue weighted by atomic mass is 32.2. The molecule has 2 N–H and O–H groups in total. The third-order valence-corrected chi connectivity index (χ3v) is 10.9. The Labute approximate surface area is 227 Å². The Kier molecular flexibility index (Phi) is 6.58. The quantitative estimate of drug-likeness (QED) is 0.338. The number of thioether (sulfide) groups is 1. The molecule has 0 radical (unpaired) electrons. The molecule has 4 fully saturated rings. The van der Waals surface area contributed by atoms with Crippen LogP contribution in [0.3, 0.4) is 0 Å². The molecule has 4 saturated carbocycles. The number of carbonyl (C=O) groups excluding carboxylic acids is 1. The lowest BCUT2D eigenvalue weighted by Gasteiger charge is -2.59. The molecule has 10 heteroatoms. The van der Waals surface area contributed by atoms with Gasteiger partial charge in [0, 0.05) is 6.04 Å². The number of methoxy groups -OCH3 is 1. The molecule has 0 spiro atoms. The smallest absolute Gasteiger partial charge is 0.262 e. The Morgan fingerprint density at radius 2 is 1.82 bits per heavy atom. The summed E-state index contributed by atoms with van der Waals surface area (Å²) in [5.74, 6) is 3.12. The molecule has 1 amide bonds. The molecule has 3 aromatic rings. The number of anilines is 1. The SMILES string of the molecule is COc1ccccc1NS(=O)(=O)c1ccc2oc(SCC(=O)N[C@H](C)C34CC5CC(CC(C5)C3)C4)nc2c1. The zero-order valence-corrected chi connectivity index (χ0v) is 23.2. The van der Waals surface area contributed by atoms with Crippen molar-refractivity contribution in [1.82, 2.24) is 10.3 Å². The second-order valence-corrected chi connectivity index (χ2v) is 13.9. The molecule has 0 unspecified atom stereocenters. The van der Waals surface area contributed by atoms with Gasteiger partial charge in [0.2, 0.25) is 5.91 Å². The predicted octanol–water partition coefficient (Wildman–Crippen LogP) is 5.45. The maximum atomic E-state index is 13.0. The number of rotatable bonds is 9. The predicted molar refractivity (Wildman–Crippen MR) is 147 cm³/mol. The molecule has 4 bridgehead atoms. The van der Waals surface area contributed by atoms with E-state index in [1.807, 2.05) is 0 Å². The van der Waals surface area contributed by atoms with E-state index in [0.717, 1.165) is 17.8 Å². The van der Waals surface area contributed by atoms with Crippen molar-refractivity contribution >= 4 is 44.5 Å². The van der Waals surface area contributed by atoms with E-state index in [1.54, 1.807) is 30.3 Å². The van der Waals surface area contributed by atoms with Crippen molar-refractivity contribution in [2.24, 2.45) is 23.2 Å². The average Bonchev–Trinajstić information content (AvgIpc) is 3.29. The van der Waals surface area contributed by atoms with Crippen LogP contribution in [0.25, 0.3) is 11.1 Å². The van der Waals surface area contributed by atoms with Crippen LogP contribution in [0.2, 0.25) is 0 Å². The van der Waals surface area contributed by atoms with Crippen LogP contribution in [0.5, 0.6) is 5.75 Å². The van der Waals surface area contributed by atoms with Crippen molar-refractivity contribution in [3.63, 3.8) is 0 Å². The summed E-state index contributed by atoms with van der Waals surface area (Å²) in [7, 11) is -2.39. The van der Waals surface area contributed by atoms with Crippen LogP contribution in [0.15, 0.2) is 57.0 Å². The van der Waals surface area contributed by atoms with Gasteiger partial charge in [-0.25, -0.2) is 13.4 Å². The van der Waals surface area contributed by atoms with Gasteiger partial charge in [0.25, 0.3) is 15.2 Å². The largest absolute Gasteiger partial charge is 0.495 e. The van der Waals surface area contributed by atoms with Crippen molar-refractivity contribution in [2.75, 3.05) is 17.6 Å². The van der Waals surface area contributed by atoms with E-state index in [-0.39, 0.29) is 28.0 Å². The van der Waals surface area contributed by atoms with Crippen LogP contribution in [0, 0.1) is 23.2 Å². The summed E-state index contributed by atoms with van der Waals surface area (Å²) >= 11 is 1.22. The Balaban J connectivity index is 1.09. The number of carbonyl (C=O) groups is 1. The van der Waals surface area contributed by atoms with E-state index in [2.05, 4.69) is 21.9 Å². The van der Waals surface area contributed by atoms with Gasteiger partial charge < -0.3 is 14.5 Å². The number of hydrogen-bond donors (Lipinski definition) is 2. The van der Waals surface area contributed by atoms with Crippen molar-refractivity contribution in [1.29, 1.82) is 0 Å². The van der Waals surface area contributed by atoms with Gasteiger partial charge in [-0.1, -0.05) is 23.9 Å².